The molecule has 9 aromatic carbocycles. The lowest BCUT2D eigenvalue weighted by Crippen LogP contribution is -2.16. The Morgan fingerprint density at radius 3 is 1.74 bits per heavy atom. The molecule has 270 valence electrons. The van der Waals surface area contributed by atoms with E-state index in [1.54, 1.807) is 0 Å². The molecule has 0 amide bonds. The number of rotatable bonds is 6. The zero-order valence-corrected chi connectivity index (χ0v) is 31.9. The minimum atomic E-state index is -0.210. The Morgan fingerprint density at radius 1 is 0.368 bits per heavy atom. The summed E-state index contributed by atoms with van der Waals surface area (Å²) >= 11 is 0. The number of furan rings is 1. The van der Waals surface area contributed by atoms with Crippen LogP contribution in [0.1, 0.15) is 25.0 Å². The molecule has 0 bridgehead atoms. The van der Waals surface area contributed by atoms with E-state index in [2.05, 4.69) is 207 Å². The van der Waals surface area contributed by atoms with Gasteiger partial charge in [-0.2, -0.15) is 0 Å². The standard InChI is InChI=1S/C55H39NO/c1-55(2)50-33-41(42-25-30-49-48-19-8-9-21-53(48)57-54(49)34-42)24-29-46(50)47-31-28-44(35-51(47)55)56(52-20-11-15-38-14-6-7-18-45(38)52)43-26-22-37(23-27-43)40-17-10-16-39(32-40)36-12-4-3-5-13-36/h3-35H,1-2H3. The Balaban J connectivity index is 0.992. The number of benzene rings is 9. The molecule has 57 heavy (non-hydrogen) atoms. The molecule has 1 aromatic heterocycles. The lowest BCUT2D eigenvalue weighted by Gasteiger charge is -2.29. The lowest BCUT2D eigenvalue weighted by molar-refractivity contribution is 0.660. The van der Waals surface area contributed by atoms with Gasteiger partial charge in [0, 0.05) is 32.9 Å². The maximum absolute atomic E-state index is 6.28. The van der Waals surface area contributed by atoms with Gasteiger partial charge in [-0.25, -0.2) is 0 Å². The fourth-order valence-electron chi connectivity index (χ4n) is 9.09. The molecule has 0 saturated carbocycles. The van der Waals surface area contributed by atoms with Crippen LogP contribution in [0.15, 0.2) is 205 Å². The Bertz CT molecular complexity index is 3150. The monoisotopic (exact) mass is 729 g/mol. The molecule has 1 aliphatic rings. The zero-order valence-electron chi connectivity index (χ0n) is 31.9. The molecular weight excluding hydrogens is 691 g/mol. The first kappa shape index (κ1) is 33.2. The van der Waals surface area contributed by atoms with Gasteiger partial charge in [0.05, 0.1) is 5.69 Å². The molecule has 1 heterocycles. The molecular formula is C55H39NO. The highest BCUT2D eigenvalue weighted by molar-refractivity contribution is 6.06. The van der Waals surface area contributed by atoms with Gasteiger partial charge >= 0.3 is 0 Å². The lowest BCUT2D eigenvalue weighted by atomic mass is 9.81. The Kier molecular flexibility index (Phi) is 7.55. The predicted molar refractivity (Wildman–Crippen MR) is 240 cm³/mol. The average Bonchev–Trinajstić information content (AvgIpc) is 3.75. The first-order valence-corrected chi connectivity index (χ1v) is 19.7. The number of hydrogen-bond donors (Lipinski definition) is 0. The van der Waals surface area contributed by atoms with Crippen molar-refractivity contribution in [1.82, 2.24) is 0 Å². The predicted octanol–water partition coefficient (Wildman–Crippen LogP) is 15.5. The maximum Gasteiger partial charge on any atom is 0.136 e. The number of para-hydroxylation sites is 1. The maximum atomic E-state index is 6.28. The highest BCUT2D eigenvalue weighted by atomic mass is 16.3. The van der Waals surface area contributed by atoms with E-state index in [9.17, 15) is 0 Å². The van der Waals surface area contributed by atoms with Crippen molar-refractivity contribution in [1.29, 1.82) is 0 Å². The third-order valence-corrected chi connectivity index (χ3v) is 12.1. The minimum absolute atomic E-state index is 0.210. The third kappa shape index (κ3) is 5.48. The van der Waals surface area contributed by atoms with Crippen molar-refractivity contribution in [2.45, 2.75) is 19.3 Å². The summed E-state index contributed by atoms with van der Waals surface area (Å²) in [6, 6.07) is 72.7. The first-order valence-electron chi connectivity index (χ1n) is 19.7. The quantitative estimate of drug-likeness (QED) is 0.169. The number of fused-ring (bicyclic) bond motifs is 7. The number of hydrogen-bond acceptors (Lipinski definition) is 2. The van der Waals surface area contributed by atoms with Gasteiger partial charge in [-0.05, 0) is 122 Å². The summed E-state index contributed by atoms with van der Waals surface area (Å²) in [6.45, 7) is 4.74. The van der Waals surface area contributed by atoms with E-state index in [4.69, 9.17) is 4.42 Å². The second kappa shape index (κ2) is 13.0. The topological polar surface area (TPSA) is 16.4 Å². The second-order valence-corrected chi connectivity index (χ2v) is 15.8. The molecule has 11 rings (SSSR count). The van der Waals surface area contributed by atoms with Crippen LogP contribution in [-0.2, 0) is 5.41 Å². The van der Waals surface area contributed by atoms with Crippen molar-refractivity contribution in [3.05, 3.63) is 211 Å². The van der Waals surface area contributed by atoms with E-state index in [0.29, 0.717) is 0 Å². The molecule has 0 aliphatic heterocycles. The molecule has 0 atom stereocenters. The first-order chi connectivity index (χ1) is 28.0. The van der Waals surface area contributed by atoms with E-state index >= 15 is 0 Å². The molecule has 0 unspecified atom stereocenters. The van der Waals surface area contributed by atoms with E-state index < -0.39 is 0 Å². The molecule has 10 aromatic rings. The fourth-order valence-corrected chi connectivity index (χ4v) is 9.09. The molecule has 1 aliphatic carbocycles. The SMILES string of the molecule is CC1(C)c2cc(-c3ccc4c(c3)oc3ccccc34)ccc2-c2ccc(N(c3ccc(-c4cccc(-c5ccccc5)c4)cc3)c3cccc4ccccc34)cc21. The molecule has 0 radical (unpaired) electrons. The van der Waals surface area contributed by atoms with E-state index in [1.165, 1.54) is 60.8 Å². The Hall–Kier alpha value is -7.16. The summed E-state index contributed by atoms with van der Waals surface area (Å²) in [5.41, 5.74) is 17.5. The van der Waals surface area contributed by atoms with E-state index in [1.807, 2.05) is 12.1 Å². The van der Waals surface area contributed by atoms with Crippen LogP contribution in [0.5, 0.6) is 0 Å². The highest BCUT2D eigenvalue weighted by Crippen LogP contribution is 2.52. The largest absolute Gasteiger partial charge is 0.456 e. The van der Waals surface area contributed by atoms with E-state index in [0.717, 1.165) is 44.6 Å². The average molecular weight is 730 g/mol. The van der Waals surface area contributed by atoms with Gasteiger partial charge in [0.15, 0.2) is 0 Å². The smallest absolute Gasteiger partial charge is 0.136 e. The van der Waals surface area contributed by atoms with Crippen molar-refractivity contribution in [2.24, 2.45) is 0 Å². The van der Waals surface area contributed by atoms with Crippen LogP contribution in [-0.4, -0.2) is 0 Å². The minimum Gasteiger partial charge on any atom is -0.456 e. The van der Waals surface area contributed by atoms with Crippen molar-refractivity contribution >= 4 is 49.8 Å². The molecule has 0 spiro atoms. The zero-order chi connectivity index (χ0) is 38.1. The van der Waals surface area contributed by atoms with Crippen LogP contribution in [0.3, 0.4) is 0 Å². The van der Waals surface area contributed by atoms with Gasteiger partial charge in [0.2, 0.25) is 0 Å². The van der Waals surface area contributed by atoms with Crippen LogP contribution in [0.25, 0.3) is 77.2 Å². The summed E-state index contributed by atoms with van der Waals surface area (Å²) in [4.78, 5) is 2.43. The van der Waals surface area contributed by atoms with Crippen molar-refractivity contribution in [3.63, 3.8) is 0 Å². The van der Waals surface area contributed by atoms with Gasteiger partial charge in [-0.15, -0.1) is 0 Å². The van der Waals surface area contributed by atoms with Crippen LogP contribution in [0, 0.1) is 0 Å². The highest BCUT2D eigenvalue weighted by Gasteiger charge is 2.36. The molecule has 0 N–H and O–H groups in total. The molecule has 0 fully saturated rings. The number of nitrogens with zero attached hydrogens (tertiary/aromatic N) is 1. The Labute approximate surface area is 332 Å². The van der Waals surface area contributed by atoms with Gasteiger partial charge in [0.1, 0.15) is 11.2 Å². The van der Waals surface area contributed by atoms with Crippen molar-refractivity contribution in [2.75, 3.05) is 4.90 Å². The number of anilines is 3. The van der Waals surface area contributed by atoms with Crippen molar-refractivity contribution < 1.29 is 4.42 Å². The summed E-state index contributed by atoms with van der Waals surface area (Å²) in [5, 5.41) is 4.74. The normalized spacial score (nSPS) is 12.9. The van der Waals surface area contributed by atoms with Gasteiger partial charge in [-0.3, -0.25) is 0 Å². The van der Waals surface area contributed by atoms with Crippen LogP contribution >= 0.6 is 0 Å². The summed E-state index contributed by atoms with van der Waals surface area (Å²) in [7, 11) is 0. The summed E-state index contributed by atoms with van der Waals surface area (Å²) in [6.07, 6.45) is 0. The Morgan fingerprint density at radius 2 is 0.912 bits per heavy atom. The van der Waals surface area contributed by atoms with Crippen LogP contribution in [0.4, 0.5) is 17.1 Å². The van der Waals surface area contributed by atoms with Gasteiger partial charge in [-0.1, -0.05) is 153 Å². The molecule has 2 nitrogen and oxygen atoms in total. The van der Waals surface area contributed by atoms with E-state index in [-0.39, 0.29) is 5.41 Å². The molecule has 2 heteroatoms. The second-order valence-electron chi connectivity index (χ2n) is 15.8. The fraction of sp³-hybridized carbons (Fsp3) is 0.0545. The van der Waals surface area contributed by atoms with Crippen LogP contribution < -0.4 is 4.90 Å². The van der Waals surface area contributed by atoms with Crippen molar-refractivity contribution in [3.8, 4) is 44.5 Å². The third-order valence-electron chi connectivity index (χ3n) is 12.1. The van der Waals surface area contributed by atoms with Gasteiger partial charge < -0.3 is 9.32 Å². The summed E-state index contributed by atoms with van der Waals surface area (Å²) < 4.78 is 6.28. The summed E-state index contributed by atoms with van der Waals surface area (Å²) in [5.74, 6) is 0. The molecule has 0 saturated heterocycles. The van der Waals surface area contributed by atoms with Crippen LogP contribution in [0.2, 0.25) is 0 Å². The van der Waals surface area contributed by atoms with Gasteiger partial charge in [0.25, 0.3) is 0 Å².